The van der Waals surface area contributed by atoms with E-state index in [4.69, 9.17) is 4.74 Å². The molecule has 3 heterocycles. The Hall–Kier alpha value is -0.120. The summed E-state index contributed by atoms with van der Waals surface area (Å²) in [5, 5.41) is 0. The van der Waals surface area contributed by atoms with Gasteiger partial charge in [0, 0.05) is 25.7 Å². The summed E-state index contributed by atoms with van der Waals surface area (Å²) >= 11 is 0. The average molecular weight is 238 g/mol. The van der Waals surface area contributed by atoms with Crippen molar-refractivity contribution in [3.63, 3.8) is 0 Å². The quantitative estimate of drug-likeness (QED) is 0.739. The summed E-state index contributed by atoms with van der Waals surface area (Å²) in [6.45, 7) is 8.64. The van der Waals surface area contributed by atoms with E-state index in [1.54, 1.807) is 0 Å². The average Bonchev–Trinajstić information content (AvgIpc) is 3.04. The molecule has 0 bridgehead atoms. The van der Waals surface area contributed by atoms with Crippen molar-refractivity contribution in [2.24, 2.45) is 5.92 Å². The van der Waals surface area contributed by atoms with Crippen molar-refractivity contribution in [1.82, 2.24) is 9.80 Å². The molecule has 17 heavy (non-hydrogen) atoms. The van der Waals surface area contributed by atoms with Gasteiger partial charge in [0.2, 0.25) is 0 Å². The molecule has 3 nitrogen and oxygen atoms in total. The molecule has 0 amide bonds. The van der Waals surface area contributed by atoms with Crippen molar-refractivity contribution in [3.05, 3.63) is 0 Å². The first kappa shape index (κ1) is 11.9. The lowest BCUT2D eigenvalue weighted by atomic mass is 10.1. The highest BCUT2D eigenvalue weighted by Gasteiger charge is 2.29. The Kier molecular flexibility index (Phi) is 3.99. The van der Waals surface area contributed by atoms with E-state index in [-0.39, 0.29) is 0 Å². The Labute approximate surface area is 105 Å². The molecule has 0 spiro atoms. The van der Waals surface area contributed by atoms with E-state index in [0.29, 0.717) is 0 Å². The monoisotopic (exact) mass is 238 g/mol. The fraction of sp³-hybridized carbons (Fsp3) is 1.00. The van der Waals surface area contributed by atoms with Crippen molar-refractivity contribution in [2.75, 3.05) is 45.9 Å². The fourth-order valence-electron chi connectivity index (χ4n) is 3.66. The van der Waals surface area contributed by atoms with Crippen molar-refractivity contribution in [3.8, 4) is 0 Å². The highest BCUT2D eigenvalue weighted by atomic mass is 16.5. The van der Waals surface area contributed by atoms with E-state index >= 15 is 0 Å². The van der Waals surface area contributed by atoms with Crippen LogP contribution in [0.25, 0.3) is 0 Å². The van der Waals surface area contributed by atoms with Crippen molar-refractivity contribution < 1.29 is 4.74 Å². The molecule has 2 unspecified atom stereocenters. The second-order valence-electron chi connectivity index (χ2n) is 6.03. The molecule has 0 saturated carbocycles. The Balaban J connectivity index is 1.48. The molecule has 3 aliphatic rings. The first-order chi connectivity index (χ1) is 8.42. The van der Waals surface area contributed by atoms with Crippen LogP contribution in [0.3, 0.4) is 0 Å². The highest BCUT2D eigenvalue weighted by Crippen LogP contribution is 2.23. The van der Waals surface area contributed by atoms with Gasteiger partial charge < -0.3 is 9.64 Å². The van der Waals surface area contributed by atoms with Gasteiger partial charge in [-0.15, -0.1) is 0 Å². The van der Waals surface area contributed by atoms with Gasteiger partial charge in [0.25, 0.3) is 0 Å². The standard InChI is InChI=1S/C14H26N2O/c1-2-7-15(6-1)11-14-4-3-8-16(14)10-13-5-9-17-12-13/h13-14H,1-12H2. The van der Waals surface area contributed by atoms with Crippen LogP contribution in [-0.4, -0.2) is 61.8 Å². The van der Waals surface area contributed by atoms with E-state index < -0.39 is 0 Å². The predicted molar refractivity (Wildman–Crippen MR) is 69.2 cm³/mol. The van der Waals surface area contributed by atoms with Gasteiger partial charge in [-0.3, -0.25) is 4.90 Å². The molecule has 3 heteroatoms. The SMILES string of the molecule is C1CCN(CC2CCCN2CC2CCOC2)C1. The van der Waals surface area contributed by atoms with Gasteiger partial charge in [0.15, 0.2) is 0 Å². The molecule has 0 aromatic rings. The van der Waals surface area contributed by atoms with Crippen LogP contribution in [0, 0.1) is 5.92 Å². The highest BCUT2D eigenvalue weighted by molar-refractivity contribution is 4.85. The second kappa shape index (κ2) is 5.68. The number of nitrogens with zero attached hydrogens (tertiary/aromatic N) is 2. The van der Waals surface area contributed by atoms with Crippen LogP contribution in [0.1, 0.15) is 32.1 Å². The molecule has 0 aromatic carbocycles. The largest absolute Gasteiger partial charge is 0.381 e. The van der Waals surface area contributed by atoms with Crippen LogP contribution in [-0.2, 0) is 4.74 Å². The Morgan fingerprint density at radius 1 is 0.941 bits per heavy atom. The first-order valence-electron chi connectivity index (χ1n) is 7.46. The van der Waals surface area contributed by atoms with E-state index in [1.807, 2.05) is 0 Å². The molecule has 3 aliphatic heterocycles. The van der Waals surface area contributed by atoms with E-state index in [9.17, 15) is 0 Å². The number of hydrogen-bond donors (Lipinski definition) is 0. The topological polar surface area (TPSA) is 15.7 Å². The lowest BCUT2D eigenvalue weighted by molar-refractivity contribution is 0.147. The molecule has 3 saturated heterocycles. The lowest BCUT2D eigenvalue weighted by Crippen LogP contribution is -2.41. The maximum atomic E-state index is 5.50. The molecule has 2 atom stereocenters. The van der Waals surface area contributed by atoms with E-state index in [1.165, 1.54) is 64.8 Å². The maximum absolute atomic E-state index is 5.50. The second-order valence-corrected chi connectivity index (χ2v) is 6.03. The molecule has 0 aromatic heterocycles. The number of ether oxygens (including phenoxy) is 1. The third-order valence-electron chi connectivity index (χ3n) is 4.68. The minimum Gasteiger partial charge on any atom is -0.381 e. The third kappa shape index (κ3) is 3.01. The summed E-state index contributed by atoms with van der Waals surface area (Å²) in [6.07, 6.45) is 6.95. The van der Waals surface area contributed by atoms with Crippen LogP contribution >= 0.6 is 0 Å². The zero-order chi connectivity index (χ0) is 11.5. The molecule has 0 radical (unpaired) electrons. The summed E-state index contributed by atoms with van der Waals surface area (Å²) in [5.74, 6) is 0.814. The van der Waals surface area contributed by atoms with Gasteiger partial charge in [-0.1, -0.05) is 0 Å². The minimum absolute atomic E-state index is 0.814. The Morgan fingerprint density at radius 3 is 2.59 bits per heavy atom. The zero-order valence-electron chi connectivity index (χ0n) is 10.9. The fourth-order valence-corrected chi connectivity index (χ4v) is 3.66. The minimum atomic E-state index is 0.814. The first-order valence-corrected chi connectivity index (χ1v) is 7.46. The van der Waals surface area contributed by atoms with Crippen LogP contribution in [0.5, 0.6) is 0 Å². The lowest BCUT2D eigenvalue weighted by Gasteiger charge is -2.30. The number of rotatable bonds is 4. The molecule has 3 rings (SSSR count). The van der Waals surface area contributed by atoms with Gasteiger partial charge in [-0.2, -0.15) is 0 Å². The van der Waals surface area contributed by atoms with Gasteiger partial charge in [-0.05, 0) is 57.7 Å². The number of hydrogen-bond acceptors (Lipinski definition) is 3. The molecule has 98 valence electrons. The molecule has 0 N–H and O–H groups in total. The molecule has 0 aliphatic carbocycles. The predicted octanol–water partition coefficient (Wildman–Crippen LogP) is 1.58. The van der Waals surface area contributed by atoms with Gasteiger partial charge in [0.05, 0.1) is 6.61 Å². The van der Waals surface area contributed by atoms with Gasteiger partial charge in [-0.25, -0.2) is 0 Å². The Bertz CT molecular complexity index is 210. The van der Waals surface area contributed by atoms with Crippen molar-refractivity contribution >= 4 is 0 Å². The van der Waals surface area contributed by atoms with Crippen molar-refractivity contribution in [1.29, 1.82) is 0 Å². The smallest absolute Gasteiger partial charge is 0.0507 e. The van der Waals surface area contributed by atoms with E-state index in [0.717, 1.165) is 25.2 Å². The molecule has 3 fully saturated rings. The summed E-state index contributed by atoms with van der Waals surface area (Å²) in [6, 6.07) is 0.841. The third-order valence-corrected chi connectivity index (χ3v) is 4.68. The summed E-state index contributed by atoms with van der Waals surface area (Å²) < 4.78 is 5.50. The maximum Gasteiger partial charge on any atom is 0.0507 e. The summed E-state index contributed by atoms with van der Waals surface area (Å²) in [5.41, 5.74) is 0. The number of likely N-dealkylation sites (tertiary alicyclic amines) is 2. The van der Waals surface area contributed by atoms with E-state index in [2.05, 4.69) is 9.80 Å². The van der Waals surface area contributed by atoms with Crippen LogP contribution in [0.4, 0.5) is 0 Å². The van der Waals surface area contributed by atoms with Gasteiger partial charge >= 0.3 is 0 Å². The Morgan fingerprint density at radius 2 is 1.82 bits per heavy atom. The summed E-state index contributed by atoms with van der Waals surface area (Å²) in [4.78, 5) is 5.42. The van der Waals surface area contributed by atoms with Gasteiger partial charge in [0.1, 0.15) is 0 Å². The molecular formula is C14H26N2O. The summed E-state index contributed by atoms with van der Waals surface area (Å²) in [7, 11) is 0. The normalized spacial score (nSPS) is 36.0. The van der Waals surface area contributed by atoms with Crippen LogP contribution in [0.15, 0.2) is 0 Å². The zero-order valence-corrected chi connectivity index (χ0v) is 10.9. The van der Waals surface area contributed by atoms with Crippen molar-refractivity contribution in [2.45, 2.75) is 38.1 Å². The molecular weight excluding hydrogens is 212 g/mol. The van der Waals surface area contributed by atoms with Crippen LogP contribution in [0.2, 0.25) is 0 Å². The van der Waals surface area contributed by atoms with Crippen LogP contribution < -0.4 is 0 Å².